The monoisotopic (exact) mass is 286 g/mol. The van der Waals surface area contributed by atoms with Gasteiger partial charge >= 0.3 is 0 Å². The molecule has 0 atom stereocenters. The highest BCUT2D eigenvalue weighted by Gasteiger charge is 2.28. The molecule has 7 heteroatoms. The number of fused-ring (bicyclic) bond motifs is 1. The molecule has 0 bridgehead atoms. The van der Waals surface area contributed by atoms with Crippen molar-refractivity contribution in [3.05, 3.63) is 17.7 Å². The van der Waals surface area contributed by atoms with E-state index in [-0.39, 0.29) is 18.0 Å². The lowest BCUT2D eigenvalue weighted by molar-refractivity contribution is 0.263. The minimum Gasteiger partial charge on any atom is -0.492 e. The molecule has 0 unspecified atom stereocenters. The van der Waals surface area contributed by atoms with Gasteiger partial charge in [-0.05, 0) is 30.5 Å². The number of anilines is 1. The van der Waals surface area contributed by atoms with Gasteiger partial charge in [0, 0.05) is 19.3 Å². The number of likely N-dealkylation sites (N-methyl/N-ethyl adjacent to an activating group) is 1. The number of nitrogens with zero attached hydrogens (tertiary/aromatic N) is 1. The highest BCUT2D eigenvalue weighted by atomic mass is 32.2. The van der Waals surface area contributed by atoms with Crippen LogP contribution in [0.25, 0.3) is 0 Å². The molecule has 0 aliphatic carbocycles. The van der Waals surface area contributed by atoms with Crippen molar-refractivity contribution < 1.29 is 18.3 Å². The van der Waals surface area contributed by atoms with Crippen LogP contribution in [-0.2, 0) is 16.4 Å². The van der Waals surface area contributed by atoms with Crippen LogP contribution in [0.1, 0.15) is 12.0 Å². The summed E-state index contributed by atoms with van der Waals surface area (Å²) in [6.07, 6.45) is 1.61. The van der Waals surface area contributed by atoms with Crippen LogP contribution < -0.4 is 10.5 Å². The van der Waals surface area contributed by atoms with Crippen molar-refractivity contribution in [1.29, 1.82) is 0 Å². The second-order valence-electron chi connectivity index (χ2n) is 4.51. The van der Waals surface area contributed by atoms with E-state index in [0.29, 0.717) is 18.0 Å². The fourth-order valence-corrected chi connectivity index (χ4v) is 3.46. The Bertz CT molecular complexity index is 571. The lowest BCUT2D eigenvalue weighted by Gasteiger charge is -2.23. The topological polar surface area (TPSA) is 92.9 Å². The van der Waals surface area contributed by atoms with Gasteiger partial charge in [0.05, 0.1) is 13.2 Å². The zero-order chi connectivity index (χ0) is 14.0. The summed E-state index contributed by atoms with van der Waals surface area (Å²) in [6.45, 7) is 0.302. The first-order valence-electron chi connectivity index (χ1n) is 6.09. The predicted octanol–water partition coefficient (Wildman–Crippen LogP) is 0.207. The van der Waals surface area contributed by atoms with Crippen LogP contribution in [0.5, 0.6) is 5.75 Å². The molecule has 0 saturated heterocycles. The molecule has 0 spiro atoms. The Labute approximate surface area is 112 Å². The number of benzene rings is 1. The number of ether oxygens (including phenoxy) is 1. The summed E-state index contributed by atoms with van der Waals surface area (Å²) in [5.41, 5.74) is 6.99. The van der Waals surface area contributed by atoms with E-state index in [0.717, 1.165) is 22.7 Å². The molecule has 1 aromatic rings. The summed E-state index contributed by atoms with van der Waals surface area (Å²) < 4.78 is 31.4. The van der Waals surface area contributed by atoms with Gasteiger partial charge in [-0.25, -0.2) is 8.42 Å². The molecule has 0 saturated carbocycles. The van der Waals surface area contributed by atoms with Crippen LogP contribution in [0.2, 0.25) is 0 Å². The van der Waals surface area contributed by atoms with Gasteiger partial charge < -0.3 is 15.6 Å². The highest BCUT2D eigenvalue weighted by molar-refractivity contribution is 7.89. The second-order valence-corrected chi connectivity index (χ2v) is 6.52. The first kappa shape index (κ1) is 14.1. The summed E-state index contributed by atoms with van der Waals surface area (Å²) >= 11 is 0. The molecule has 1 aliphatic heterocycles. The molecule has 0 radical (unpaired) electrons. The van der Waals surface area contributed by atoms with Crippen molar-refractivity contribution in [1.82, 2.24) is 4.31 Å². The molecule has 0 fully saturated rings. The second kappa shape index (κ2) is 5.36. The highest BCUT2D eigenvalue weighted by Crippen LogP contribution is 2.35. The summed E-state index contributed by atoms with van der Waals surface area (Å²) in [6, 6.07) is 3.16. The third-order valence-electron chi connectivity index (χ3n) is 3.09. The standard InChI is InChI=1S/C12H18N2O4S/c1-14(4-5-15)19(16,17)11-8-10(13)7-9-3-2-6-18-12(9)11/h7-8,15H,2-6,13H2,1H3. The van der Waals surface area contributed by atoms with Crippen molar-refractivity contribution in [3.63, 3.8) is 0 Å². The maximum absolute atomic E-state index is 12.4. The molecule has 0 aromatic heterocycles. The van der Waals surface area contributed by atoms with Gasteiger partial charge in [0.2, 0.25) is 10.0 Å². The molecule has 6 nitrogen and oxygen atoms in total. The Morgan fingerprint density at radius 2 is 2.21 bits per heavy atom. The van der Waals surface area contributed by atoms with Crippen molar-refractivity contribution >= 4 is 15.7 Å². The summed E-state index contributed by atoms with van der Waals surface area (Å²) in [7, 11) is -2.28. The van der Waals surface area contributed by atoms with Gasteiger partial charge in [0.25, 0.3) is 0 Å². The van der Waals surface area contributed by atoms with E-state index < -0.39 is 10.0 Å². The number of nitrogens with two attached hydrogens (primary N) is 1. The van der Waals surface area contributed by atoms with Crippen LogP contribution in [0.3, 0.4) is 0 Å². The molecule has 2 rings (SSSR count). The summed E-state index contributed by atoms with van der Waals surface area (Å²) in [4.78, 5) is 0.0816. The summed E-state index contributed by atoms with van der Waals surface area (Å²) in [5, 5.41) is 8.88. The Hall–Kier alpha value is -1.31. The molecule has 1 aliphatic rings. The fourth-order valence-electron chi connectivity index (χ4n) is 2.09. The van der Waals surface area contributed by atoms with E-state index in [9.17, 15) is 8.42 Å². The molecule has 106 valence electrons. The van der Waals surface area contributed by atoms with E-state index in [4.69, 9.17) is 15.6 Å². The van der Waals surface area contributed by atoms with Crippen molar-refractivity contribution in [2.75, 3.05) is 32.5 Å². The smallest absolute Gasteiger partial charge is 0.246 e. The molecule has 0 amide bonds. The molecule has 19 heavy (non-hydrogen) atoms. The number of hydrogen-bond acceptors (Lipinski definition) is 5. The first-order valence-corrected chi connectivity index (χ1v) is 7.53. The van der Waals surface area contributed by atoms with Gasteiger partial charge in [-0.2, -0.15) is 4.31 Å². The van der Waals surface area contributed by atoms with Crippen LogP contribution >= 0.6 is 0 Å². The third kappa shape index (κ3) is 2.68. The van der Waals surface area contributed by atoms with Gasteiger partial charge in [-0.3, -0.25) is 0 Å². The predicted molar refractivity (Wildman–Crippen MR) is 71.6 cm³/mol. The number of rotatable bonds is 4. The van der Waals surface area contributed by atoms with Crippen LogP contribution in [-0.4, -0.2) is 44.6 Å². The van der Waals surface area contributed by atoms with E-state index in [1.165, 1.54) is 13.1 Å². The van der Waals surface area contributed by atoms with Crippen molar-refractivity contribution in [2.45, 2.75) is 17.7 Å². The van der Waals surface area contributed by atoms with E-state index in [1.807, 2.05) is 0 Å². The van der Waals surface area contributed by atoms with Crippen LogP contribution in [0, 0.1) is 0 Å². The molecular weight excluding hydrogens is 268 g/mol. The van der Waals surface area contributed by atoms with E-state index in [2.05, 4.69) is 0 Å². The normalized spacial score (nSPS) is 15.1. The average molecular weight is 286 g/mol. The lowest BCUT2D eigenvalue weighted by Crippen LogP contribution is -2.30. The maximum atomic E-state index is 12.4. The quantitative estimate of drug-likeness (QED) is 0.772. The Morgan fingerprint density at radius 1 is 1.47 bits per heavy atom. The number of aliphatic hydroxyl groups is 1. The van der Waals surface area contributed by atoms with Crippen molar-refractivity contribution in [2.24, 2.45) is 0 Å². The number of nitrogen functional groups attached to an aromatic ring is 1. The Morgan fingerprint density at radius 3 is 2.89 bits per heavy atom. The van der Waals surface area contributed by atoms with Crippen molar-refractivity contribution in [3.8, 4) is 5.75 Å². The van der Waals surface area contributed by atoms with Crippen LogP contribution in [0.15, 0.2) is 17.0 Å². The van der Waals surface area contributed by atoms with Gasteiger partial charge in [-0.15, -0.1) is 0 Å². The van der Waals surface area contributed by atoms with Gasteiger partial charge in [0.1, 0.15) is 10.6 Å². The largest absolute Gasteiger partial charge is 0.492 e. The first-order chi connectivity index (χ1) is 8.96. The fraction of sp³-hybridized carbons (Fsp3) is 0.500. The summed E-state index contributed by atoms with van der Waals surface area (Å²) in [5.74, 6) is 0.394. The molecule has 1 aromatic carbocycles. The van der Waals surface area contributed by atoms with E-state index >= 15 is 0 Å². The number of aliphatic hydroxyl groups excluding tert-OH is 1. The van der Waals surface area contributed by atoms with Gasteiger partial charge in [0.15, 0.2) is 0 Å². The zero-order valence-electron chi connectivity index (χ0n) is 10.8. The molecule has 1 heterocycles. The third-order valence-corrected chi connectivity index (χ3v) is 4.96. The number of hydrogen-bond donors (Lipinski definition) is 2. The van der Waals surface area contributed by atoms with Crippen LogP contribution in [0.4, 0.5) is 5.69 Å². The minimum absolute atomic E-state index is 0.0336. The minimum atomic E-state index is -3.70. The average Bonchev–Trinajstić information content (AvgIpc) is 2.37. The van der Waals surface area contributed by atoms with Gasteiger partial charge in [-0.1, -0.05) is 0 Å². The Balaban J connectivity index is 2.52. The van der Waals surface area contributed by atoms with E-state index in [1.54, 1.807) is 6.07 Å². The number of sulfonamides is 1. The zero-order valence-corrected chi connectivity index (χ0v) is 11.6. The lowest BCUT2D eigenvalue weighted by atomic mass is 10.1. The molecular formula is C12H18N2O4S. The maximum Gasteiger partial charge on any atom is 0.246 e. The SMILES string of the molecule is CN(CCO)S(=O)(=O)c1cc(N)cc2c1OCCC2. The Kier molecular flexibility index (Phi) is 3.98. The number of aryl methyl sites for hydroxylation is 1. The molecule has 3 N–H and O–H groups in total.